The summed E-state index contributed by atoms with van der Waals surface area (Å²) in [7, 11) is 0. The Bertz CT molecular complexity index is 980. The highest BCUT2D eigenvalue weighted by Gasteiger charge is 2.27. The molecular weight excluding hydrogens is 320 g/mol. The van der Waals surface area contributed by atoms with Crippen LogP contribution in [0.4, 0.5) is 5.69 Å². The van der Waals surface area contributed by atoms with Gasteiger partial charge < -0.3 is 10.6 Å². The van der Waals surface area contributed by atoms with Crippen molar-refractivity contribution in [1.29, 1.82) is 0 Å². The van der Waals surface area contributed by atoms with Crippen LogP contribution in [0.15, 0.2) is 36.4 Å². The molecule has 1 saturated heterocycles. The fourth-order valence-corrected chi connectivity index (χ4v) is 2.85. The Hall–Kier alpha value is -3.29. The molecule has 3 heterocycles. The van der Waals surface area contributed by atoms with Gasteiger partial charge in [0, 0.05) is 17.7 Å². The van der Waals surface area contributed by atoms with Crippen molar-refractivity contribution in [2.75, 3.05) is 5.32 Å². The lowest BCUT2D eigenvalue weighted by molar-refractivity contribution is -0.122. The van der Waals surface area contributed by atoms with Gasteiger partial charge in [0.2, 0.25) is 11.8 Å². The van der Waals surface area contributed by atoms with E-state index in [1.165, 1.54) is 0 Å². The number of rotatable bonds is 3. The number of anilines is 1. The molecule has 1 aromatic carbocycles. The summed E-state index contributed by atoms with van der Waals surface area (Å²) >= 11 is 0. The number of hydrogen-bond acceptors (Lipinski definition) is 5. The van der Waals surface area contributed by atoms with Crippen LogP contribution in [0.25, 0.3) is 16.9 Å². The molecule has 2 aromatic heterocycles. The van der Waals surface area contributed by atoms with Crippen LogP contribution in [0.1, 0.15) is 18.7 Å². The van der Waals surface area contributed by atoms with Crippen LogP contribution < -0.4 is 10.6 Å². The number of nitrogens with one attached hydrogen (secondary N) is 2. The number of hydrogen-bond donors (Lipinski definition) is 2. The van der Waals surface area contributed by atoms with Gasteiger partial charge >= 0.3 is 0 Å². The molecule has 0 saturated carbocycles. The third kappa shape index (κ3) is 2.93. The van der Waals surface area contributed by atoms with Gasteiger partial charge in [0.15, 0.2) is 11.5 Å². The second kappa shape index (κ2) is 5.97. The Morgan fingerprint density at radius 2 is 2.16 bits per heavy atom. The Kier molecular flexibility index (Phi) is 3.64. The highest BCUT2D eigenvalue weighted by Crippen LogP contribution is 2.22. The van der Waals surface area contributed by atoms with Gasteiger partial charge in [-0.1, -0.05) is 12.1 Å². The van der Waals surface area contributed by atoms with Crippen molar-refractivity contribution in [2.24, 2.45) is 0 Å². The van der Waals surface area contributed by atoms with Gasteiger partial charge in [-0.25, -0.2) is 0 Å². The van der Waals surface area contributed by atoms with E-state index >= 15 is 0 Å². The number of fused-ring (bicyclic) bond motifs is 1. The summed E-state index contributed by atoms with van der Waals surface area (Å²) in [5.74, 6) is 0.412. The molecule has 0 spiro atoms. The predicted molar refractivity (Wildman–Crippen MR) is 90.7 cm³/mol. The van der Waals surface area contributed by atoms with E-state index in [2.05, 4.69) is 25.9 Å². The van der Waals surface area contributed by atoms with E-state index in [-0.39, 0.29) is 11.8 Å². The maximum Gasteiger partial charge on any atom is 0.246 e. The highest BCUT2D eigenvalue weighted by atomic mass is 16.2. The molecular formula is C17H16N6O2. The standard InChI is InChI=1S/C17H16N6O2/c1-10-20-21-15-7-5-13(22-23(10)15)11-3-2-4-12(9-11)18-17(25)14-6-8-16(24)19-14/h2-5,7,9,14H,6,8H2,1H3,(H,18,25)(H,19,24). The summed E-state index contributed by atoms with van der Waals surface area (Å²) in [4.78, 5) is 23.5. The van der Waals surface area contributed by atoms with E-state index in [4.69, 9.17) is 0 Å². The zero-order chi connectivity index (χ0) is 17.4. The Morgan fingerprint density at radius 3 is 2.96 bits per heavy atom. The monoisotopic (exact) mass is 336 g/mol. The molecule has 3 aromatic rings. The third-order valence-electron chi connectivity index (χ3n) is 4.16. The van der Waals surface area contributed by atoms with Crippen molar-refractivity contribution >= 4 is 23.1 Å². The smallest absolute Gasteiger partial charge is 0.246 e. The summed E-state index contributed by atoms with van der Waals surface area (Å²) in [5.41, 5.74) is 2.96. The van der Waals surface area contributed by atoms with Crippen LogP contribution in [0.3, 0.4) is 0 Å². The number of carbonyl (C=O) groups excluding carboxylic acids is 2. The number of carbonyl (C=O) groups is 2. The second-order valence-electron chi connectivity index (χ2n) is 5.96. The van der Waals surface area contributed by atoms with Gasteiger partial charge in [-0.05, 0) is 37.6 Å². The zero-order valence-corrected chi connectivity index (χ0v) is 13.6. The van der Waals surface area contributed by atoms with E-state index in [0.29, 0.717) is 30.0 Å². The number of nitrogens with zero attached hydrogens (tertiary/aromatic N) is 4. The Balaban J connectivity index is 1.59. The first-order chi connectivity index (χ1) is 12.1. The van der Waals surface area contributed by atoms with Crippen LogP contribution in [0.5, 0.6) is 0 Å². The number of amides is 2. The van der Waals surface area contributed by atoms with Crippen molar-refractivity contribution in [3.05, 3.63) is 42.2 Å². The molecule has 126 valence electrons. The highest BCUT2D eigenvalue weighted by molar-refractivity contribution is 5.99. The van der Waals surface area contributed by atoms with Gasteiger partial charge in [0.1, 0.15) is 6.04 Å². The van der Waals surface area contributed by atoms with Gasteiger partial charge in [0.25, 0.3) is 0 Å². The van der Waals surface area contributed by atoms with E-state index < -0.39 is 6.04 Å². The second-order valence-corrected chi connectivity index (χ2v) is 5.96. The van der Waals surface area contributed by atoms with Crippen molar-refractivity contribution in [1.82, 2.24) is 25.1 Å². The van der Waals surface area contributed by atoms with Crippen LogP contribution in [-0.2, 0) is 9.59 Å². The predicted octanol–water partition coefficient (Wildman–Crippen LogP) is 1.32. The normalized spacial score (nSPS) is 16.8. The van der Waals surface area contributed by atoms with Crippen LogP contribution in [0, 0.1) is 6.92 Å². The molecule has 2 N–H and O–H groups in total. The van der Waals surface area contributed by atoms with Gasteiger partial charge in [-0.3, -0.25) is 9.59 Å². The average molecular weight is 336 g/mol. The molecule has 0 radical (unpaired) electrons. The fraction of sp³-hybridized carbons (Fsp3) is 0.235. The summed E-state index contributed by atoms with van der Waals surface area (Å²) < 4.78 is 1.68. The lowest BCUT2D eigenvalue weighted by Crippen LogP contribution is -2.37. The Labute approximate surface area is 143 Å². The van der Waals surface area contributed by atoms with E-state index in [9.17, 15) is 9.59 Å². The summed E-state index contributed by atoms with van der Waals surface area (Å²) in [5, 5.41) is 18.1. The minimum Gasteiger partial charge on any atom is -0.344 e. The molecule has 25 heavy (non-hydrogen) atoms. The zero-order valence-electron chi connectivity index (χ0n) is 13.6. The molecule has 8 nitrogen and oxygen atoms in total. The minimum atomic E-state index is -0.467. The number of aromatic nitrogens is 4. The number of aryl methyl sites for hydroxylation is 1. The molecule has 1 fully saturated rings. The molecule has 0 aliphatic carbocycles. The van der Waals surface area contributed by atoms with Gasteiger partial charge in [-0.2, -0.15) is 9.61 Å². The molecule has 1 aliphatic heterocycles. The first-order valence-corrected chi connectivity index (χ1v) is 8.00. The summed E-state index contributed by atoms with van der Waals surface area (Å²) in [6.45, 7) is 1.84. The van der Waals surface area contributed by atoms with Crippen molar-refractivity contribution < 1.29 is 9.59 Å². The van der Waals surface area contributed by atoms with Gasteiger partial charge in [0.05, 0.1) is 5.69 Å². The number of benzene rings is 1. The lowest BCUT2D eigenvalue weighted by atomic mass is 10.1. The maximum absolute atomic E-state index is 12.2. The first kappa shape index (κ1) is 15.3. The molecule has 8 heteroatoms. The maximum atomic E-state index is 12.2. The largest absolute Gasteiger partial charge is 0.344 e. The van der Waals surface area contributed by atoms with E-state index in [0.717, 1.165) is 11.3 Å². The summed E-state index contributed by atoms with van der Waals surface area (Å²) in [6, 6.07) is 10.7. The van der Waals surface area contributed by atoms with Crippen LogP contribution in [0.2, 0.25) is 0 Å². The van der Waals surface area contributed by atoms with Gasteiger partial charge in [-0.15, -0.1) is 10.2 Å². The van der Waals surface area contributed by atoms with E-state index in [1.54, 1.807) is 10.6 Å². The van der Waals surface area contributed by atoms with Crippen LogP contribution >= 0.6 is 0 Å². The molecule has 0 bridgehead atoms. The van der Waals surface area contributed by atoms with Crippen molar-refractivity contribution in [3.8, 4) is 11.3 Å². The Morgan fingerprint density at radius 1 is 1.28 bits per heavy atom. The lowest BCUT2D eigenvalue weighted by Gasteiger charge is -2.11. The molecule has 1 atom stereocenters. The van der Waals surface area contributed by atoms with Crippen LogP contribution in [-0.4, -0.2) is 37.7 Å². The first-order valence-electron chi connectivity index (χ1n) is 8.00. The third-order valence-corrected chi connectivity index (χ3v) is 4.16. The van der Waals surface area contributed by atoms with Crippen molar-refractivity contribution in [2.45, 2.75) is 25.8 Å². The SMILES string of the molecule is Cc1nnc2ccc(-c3cccc(NC(=O)C4CCC(=O)N4)c3)nn12. The summed E-state index contributed by atoms with van der Waals surface area (Å²) in [6.07, 6.45) is 0.913. The topological polar surface area (TPSA) is 101 Å². The minimum absolute atomic E-state index is 0.0873. The molecule has 2 amide bonds. The molecule has 4 rings (SSSR count). The van der Waals surface area contributed by atoms with E-state index in [1.807, 2.05) is 37.3 Å². The quantitative estimate of drug-likeness (QED) is 0.751. The molecule has 1 unspecified atom stereocenters. The van der Waals surface area contributed by atoms with Crippen molar-refractivity contribution in [3.63, 3.8) is 0 Å². The average Bonchev–Trinajstić information content (AvgIpc) is 3.21. The molecule has 1 aliphatic rings. The fourth-order valence-electron chi connectivity index (χ4n) is 2.85.